The first kappa shape index (κ1) is 53.8. The summed E-state index contributed by atoms with van der Waals surface area (Å²) >= 11 is 0. The van der Waals surface area contributed by atoms with Crippen molar-refractivity contribution in [3.8, 4) is 0 Å². The number of nitrogens with one attached hydrogen (secondary N) is 7. The summed E-state index contributed by atoms with van der Waals surface area (Å²) in [5.41, 5.74) is 16.8. The molecule has 0 saturated heterocycles. The maximum atomic E-state index is 14.0. The van der Waals surface area contributed by atoms with E-state index in [-0.39, 0.29) is 37.7 Å². The summed E-state index contributed by atoms with van der Waals surface area (Å²) in [5.74, 6) is -10.2. The molecule has 0 aromatic rings. The molecule has 350 valence electrons. The van der Waals surface area contributed by atoms with Crippen LogP contribution in [-0.2, 0) is 38.4 Å². The molecule has 0 saturated carbocycles. The summed E-state index contributed by atoms with van der Waals surface area (Å²) in [7, 11) is 0. The molecule has 0 aromatic carbocycles. The number of carboxylic acid groups (broad SMARTS) is 1. The van der Waals surface area contributed by atoms with E-state index in [4.69, 9.17) is 23.7 Å². The van der Waals surface area contributed by atoms with Crippen LogP contribution in [0, 0.1) is 17.8 Å². The number of hydrogen-bond donors (Lipinski definition) is 15. The second-order valence-electron chi connectivity index (χ2n) is 15.6. The Bertz CT molecular complexity index is 1550. The van der Waals surface area contributed by atoms with Gasteiger partial charge in [0, 0.05) is 6.54 Å². The Labute approximate surface area is 356 Å². The molecule has 0 heterocycles. The molecule has 24 nitrogen and oxygen atoms in total. The second kappa shape index (κ2) is 27.6. The number of aliphatic hydroxyl groups is 4. The van der Waals surface area contributed by atoms with Crippen molar-refractivity contribution in [1.29, 1.82) is 0 Å². The number of nitrogens with zero attached hydrogens (tertiary/aromatic N) is 1. The van der Waals surface area contributed by atoms with Crippen molar-refractivity contribution in [3.63, 3.8) is 0 Å². The number of nitrogens with two attached hydrogens (primary N) is 3. The molecule has 61 heavy (non-hydrogen) atoms. The molecule has 18 N–H and O–H groups in total. The molecule has 0 spiro atoms. The lowest BCUT2D eigenvalue weighted by Crippen LogP contribution is -2.62. The maximum absolute atomic E-state index is 14.0. The lowest BCUT2D eigenvalue weighted by Gasteiger charge is -2.30. The third kappa shape index (κ3) is 20.3. The molecule has 11 atom stereocenters. The number of rotatable bonds is 28. The number of guanidine groups is 1. The monoisotopic (exact) mass is 877 g/mol. The first-order chi connectivity index (χ1) is 28.7. The molecular weight excluding hydrogens is 806 g/mol. The maximum Gasteiger partial charge on any atom is 0.328 e. The minimum atomic E-state index is -1.74. The Morgan fingerprint density at radius 3 is 1.67 bits per heavy atom. The molecule has 0 rings (SSSR count). The highest BCUT2D eigenvalue weighted by Gasteiger charge is 2.36. The van der Waals surface area contributed by atoms with Gasteiger partial charge in [-0.2, -0.15) is 0 Å². The standard InChI is InChI=1S/C37H69N11O13/c1-9-18(6)26(34(58)48-27(19(7)50)33(57)42-14-24(52)46-28(20(8)51)35(59)45-23(15-49)36(60)61)47-30(54)21(11-10-12-41-37(39)40)43-31(55)22(13-16(2)3)44-32(56)25(38)29(53)17(4)5/h16-23,25-29,49-51,53H,9-15,38H2,1-8H3,(H,42,57)(H,43,55)(H,44,56)(H,45,59)(H,46,52)(H,47,54)(H,48,58)(H,60,61)(H4,39,40,41)/t18-,19-,20-,21-,22-,23-,25-,26-,27-,28-,29+/m0/s1/i/hD. The molecule has 7 amide bonds. The number of amides is 7. The van der Waals surface area contributed by atoms with Gasteiger partial charge in [0.25, 0.3) is 0 Å². The number of carbonyl (C=O) groups is 8. The van der Waals surface area contributed by atoms with Gasteiger partial charge in [0.1, 0.15) is 42.3 Å². The van der Waals surface area contributed by atoms with Crippen molar-refractivity contribution in [2.24, 2.45) is 39.9 Å². The lowest BCUT2D eigenvalue weighted by molar-refractivity contribution is -0.144. The van der Waals surface area contributed by atoms with Crippen molar-refractivity contribution < 1.29 is 65.3 Å². The van der Waals surface area contributed by atoms with E-state index in [1.807, 2.05) is 5.32 Å². The molecule has 0 radical (unpaired) electrons. The fourth-order valence-electron chi connectivity index (χ4n) is 5.46. The van der Waals surface area contributed by atoms with Crippen LogP contribution >= 0.6 is 0 Å². The highest BCUT2D eigenvalue weighted by Crippen LogP contribution is 2.13. The minimum Gasteiger partial charge on any atom is -0.480 e. The Balaban J connectivity index is 6.33. The Morgan fingerprint density at radius 2 is 1.20 bits per heavy atom. The highest BCUT2D eigenvalue weighted by atomic mass is 16.4. The fourth-order valence-corrected chi connectivity index (χ4v) is 5.46. The minimum absolute atomic E-state index is 0.0304. The summed E-state index contributed by atoms with van der Waals surface area (Å²) < 4.78 is 8.54. The van der Waals surface area contributed by atoms with E-state index in [1.54, 1.807) is 41.5 Å². The van der Waals surface area contributed by atoms with E-state index < -0.39 is 133 Å². The normalized spacial score (nSPS) is 16.9. The van der Waals surface area contributed by atoms with Gasteiger partial charge in [-0.05, 0) is 50.9 Å². The van der Waals surface area contributed by atoms with Crippen molar-refractivity contribution in [3.05, 3.63) is 0 Å². The molecule has 0 fully saturated rings. The molecule has 0 aliphatic heterocycles. The van der Waals surface area contributed by atoms with Gasteiger partial charge < -0.3 is 79.9 Å². The predicted molar refractivity (Wildman–Crippen MR) is 220 cm³/mol. The van der Waals surface area contributed by atoms with Gasteiger partial charge in [0.05, 0.1) is 31.5 Å². The number of aliphatic imine (C=N–C) groups is 1. The largest absolute Gasteiger partial charge is 0.480 e. The fraction of sp³-hybridized carbons (Fsp3) is 0.757. The molecular formula is C37H69N11O13. The Morgan fingerprint density at radius 1 is 0.689 bits per heavy atom. The number of carboxylic acids is 1. The number of aliphatic hydroxyl groups excluding tert-OH is 4. The lowest BCUT2D eigenvalue weighted by atomic mass is 9.96. The quantitative estimate of drug-likeness (QED) is 0.0198. The average molecular weight is 877 g/mol. The van der Waals surface area contributed by atoms with Crippen LogP contribution in [0.3, 0.4) is 0 Å². The van der Waals surface area contributed by atoms with Crippen LogP contribution in [-0.4, -0.2) is 159 Å². The van der Waals surface area contributed by atoms with Crippen LogP contribution in [0.5, 0.6) is 0 Å². The van der Waals surface area contributed by atoms with Crippen molar-refractivity contribution in [2.75, 3.05) is 19.7 Å². The van der Waals surface area contributed by atoms with Crippen LogP contribution in [0.2, 0.25) is 1.41 Å². The Hall–Kier alpha value is -5.17. The summed E-state index contributed by atoms with van der Waals surface area (Å²) in [4.78, 5) is 108. The van der Waals surface area contributed by atoms with Gasteiger partial charge in [-0.15, -0.1) is 0 Å². The first-order valence-corrected chi connectivity index (χ1v) is 20.0. The first-order valence-electron chi connectivity index (χ1n) is 20.5. The van der Waals surface area contributed by atoms with E-state index in [0.717, 1.165) is 13.8 Å². The molecule has 0 bridgehead atoms. The van der Waals surface area contributed by atoms with Gasteiger partial charge in [-0.25, -0.2) is 4.79 Å². The smallest absolute Gasteiger partial charge is 0.328 e. The summed E-state index contributed by atoms with van der Waals surface area (Å²) in [6.45, 7) is 10.5. The molecule has 0 aliphatic carbocycles. The molecule has 0 aromatic heterocycles. The van der Waals surface area contributed by atoms with Gasteiger partial charge in [-0.3, -0.25) is 38.6 Å². The number of carbonyl (C=O) groups excluding carboxylic acids is 7. The van der Waals surface area contributed by atoms with Crippen LogP contribution < -0.4 is 54.4 Å². The predicted octanol–water partition coefficient (Wildman–Crippen LogP) is -5.66. The third-order valence-corrected chi connectivity index (χ3v) is 9.35. The SMILES string of the molecule is [2H]N(C(=O)[C@@H](N)[C@H](O)C(C)C)[C@@H](CC(C)C)C(=O)N[C@@H](CCCN=C(N)N)C(=O)N[C@H](C(=O)N[C@H](C(=O)NCC(=O)N[C@H](C(=O)N[C@@H](CO)C(=O)O)[C@H](C)O)[C@H](C)O)[C@@H](C)CC. The van der Waals surface area contributed by atoms with Gasteiger partial charge in [0.15, 0.2) is 7.37 Å². The van der Waals surface area contributed by atoms with E-state index in [9.17, 15) is 58.8 Å². The molecule has 0 aliphatic rings. The highest BCUT2D eigenvalue weighted by molar-refractivity contribution is 5.97. The van der Waals surface area contributed by atoms with Crippen molar-refractivity contribution in [1.82, 2.24) is 37.2 Å². The number of aliphatic carboxylic acids is 1. The van der Waals surface area contributed by atoms with E-state index >= 15 is 0 Å². The van der Waals surface area contributed by atoms with Crippen LogP contribution in [0.4, 0.5) is 0 Å². The van der Waals surface area contributed by atoms with E-state index in [1.165, 1.54) is 0 Å². The summed E-state index contributed by atoms with van der Waals surface area (Å²) in [6.07, 6.45) is -4.17. The Kier molecular flexibility index (Phi) is 24.4. The van der Waals surface area contributed by atoms with Crippen LogP contribution in [0.15, 0.2) is 4.99 Å². The number of hydrogen-bond acceptors (Lipinski definition) is 14. The van der Waals surface area contributed by atoms with Crippen LogP contribution in [0.25, 0.3) is 0 Å². The zero-order chi connectivity index (χ0) is 48.2. The van der Waals surface area contributed by atoms with E-state index in [2.05, 4.69) is 31.6 Å². The molecule has 0 unspecified atom stereocenters. The van der Waals surface area contributed by atoms with Crippen molar-refractivity contribution >= 4 is 53.3 Å². The second-order valence-corrected chi connectivity index (χ2v) is 15.6. The molecule has 24 heteroatoms. The van der Waals surface area contributed by atoms with Crippen LogP contribution in [0.1, 0.15) is 81.1 Å². The zero-order valence-corrected chi connectivity index (χ0v) is 36.1. The topological polar surface area (TPSA) is 412 Å². The summed E-state index contributed by atoms with van der Waals surface area (Å²) in [5, 5.41) is 63.2. The van der Waals surface area contributed by atoms with Gasteiger partial charge >= 0.3 is 5.97 Å². The average Bonchev–Trinajstić information content (AvgIpc) is 3.19. The van der Waals surface area contributed by atoms with E-state index in [0.29, 0.717) is 11.7 Å². The zero-order valence-electron chi connectivity index (χ0n) is 37.1. The van der Waals surface area contributed by atoms with Gasteiger partial charge in [0.2, 0.25) is 41.4 Å². The van der Waals surface area contributed by atoms with Crippen molar-refractivity contribution in [2.45, 2.75) is 142 Å². The van der Waals surface area contributed by atoms with Gasteiger partial charge in [-0.1, -0.05) is 48.0 Å². The summed E-state index contributed by atoms with van der Waals surface area (Å²) in [6, 6.07) is -11.0. The third-order valence-electron chi connectivity index (χ3n) is 9.35.